The predicted molar refractivity (Wildman–Crippen MR) is 53.9 cm³/mol. The molecule has 0 fully saturated rings. The maximum absolute atomic E-state index is 11.2. The summed E-state index contributed by atoms with van der Waals surface area (Å²) in [6.45, 7) is 7.07. The molecule has 3 nitrogen and oxygen atoms in total. The van der Waals surface area contributed by atoms with Crippen LogP contribution >= 0.6 is 0 Å². The lowest BCUT2D eigenvalue weighted by Crippen LogP contribution is -2.43. The fraction of sp³-hybridized carbons (Fsp3) is 0.900. The molecule has 0 heterocycles. The summed E-state index contributed by atoms with van der Waals surface area (Å²) in [5.74, 6) is 0.131. The largest absolute Gasteiger partial charge is 0.377 e. The Hall–Kier alpha value is -0.410. The molecule has 0 aromatic rings. The maximum atomic E-state index is 11.2. The molecule has 0 amide bonds. The summed E-state index contributed by atoms with van der Waals surface area (Å²) >= 11 is 0. The van der Waals surface area contributed by atoms with Crippen molar-refractivity contribution in [3.63, 3.8) is 0 Å². The molecular weight excluding hydrogens is 166 g/mol. The van der Waals surface area contributed by atoms with Crippen molar-refractivity contribution in [1.82, 2.24) is 4.90 Å². The van der Waals surface area contributed by atoms with Crippen LogP contribution < -0.4 is 0 Å². The highest BCUT2D eigenvalue weighted by Gasteiger charge is 2.22. The summed E-state index contributed by atoms with van der Waals surface area (Å²) in [4.78, 5) is 13.3. The van der Waals surface area contributed by atoms with Gasteiger partial charge >= 0.3 is 0 Å². The molecule has 0 spiro atoms. The lowest BCUT2D eigenvalue weighted by molar-refractivity contribution is -0.124. The Morgan fingerprint density at radius 3 is 2.38 bits per heavy atom. The van der Waals surface area contributed by atoms with Crippen molar-refractivity contribution >= 4 is 5.78 Å². The fourth-order valence-corrected chi connectivity index (χ4v) is 0.955. The van der Waals surface area contributed by atoms with E-state index in [9.17, 15) is 4.79 Å². The quantitative estimate of drug-likeness (QED) is 0.628. The molecule has 3 heteroatoms. The van der Waals surface area contributed by atoms with Crippen LogP contribution in [0.4, 0.5) is 0 Å². The molecule has 0 unspecified atom stereocenters. The Kier molecular flexibility index (Phi) is 5.18. The van der Waals surface area contributed by atoms with E-state index >= 15 is 0 Å². The van der Waals surface area contributed by atoms with E-state index in [2.05, 4.69) is 25.7 Å². The second kappa shape index (κ2) is 5.35. The zero-order chi connectivity index (χ0) is 10.5. The summed E-state index contributed by atoms with van der Waals surface area (Å²) in [7, 11) is 3.51. The van der Waals surface area contributed by atoms with E-state index in [1.165, 1.54) is 0 Å². The van der Waals surface area contributed by atoms with E-state index in [0.29, 0.717) is 6.54 Å². The highest BCUT2D eigenvalue weighted by atomic mass is 16.5. The number of ketones is 1. The van der Waals surface area contributed by atoms with Crippen LogP contribution in [0, 0.1) is 0 Å². The Morgan fingerprint density at radius 1 is 1.46 bits per heavy atom. The molecule has 13 heavy (non-hydrogen) atoms. The molecule has 0 atom stereocenters. The number of carbonyl (C=O) groups is 1. The first-order valence-corrected chi connectivity index (χ1v) is 4.66. The fourth-order valence-electron chi connectivity index (χ4n) is 0.955. The van der Waals surface area contributed by atoms with Gasteiger partial charge in [0.05, 0.1) is 6.54 Å². The zero-order valence-corrected chi connectivity index (χ0v) is 9.39. The van der Waals surface area contributed by atoms with Crippen molar-refractivity contribution in [2.24, 2.45) is 0 Å². The minimum Gasteiger partial charge on any atom is -0.377 e. The van der Waals surface area contributed by atoms with E-state index in [4.69, 9.17) is 4.74 Å². The third kappa shape index (κ3) is 4.39. The van der Waals surface area contributed by atoms with E-state index in [-0.39, 0.29) is 17.9 Å². The molecule has 0 aliphatic heterocycles. The monoisotopic (exact) mass is 187 g/mol. The molecule has 0 saturated heterocycles. The van der Waals surface area contributed by atoms with Crippen LogP contribution in [-0.2, 0) is 9.53 Å². The Morgan fingerprint density at radius 2 is 2.00 bits per heavy atom. The summed E-state index contributed by atoms with van der Waals surface area (Å²) in [5.41, 5.74) is 0.0867. The van der Waals surface area contributed by atoms with Crippen LogP contribution in [0.25, 0.3) is 0 Å². The van der Waals surface area contributed by atoms with E-state index in [1.54, 1.807) is 7.11 Å². The smallest absolute Gasteiger partial charge is 0.172 e. The Labute approximate surface area is 81.1 Å². The van der Waals surface area contributed by atoms with Crippen molar-refractivity contribution in [3.8, 4) is 0 Å². The molecule has 0 aliphatic rings. The van der Waals surface area contributed by atoms with Gasteiger partial charge in [0.2, 0.25) is 0 Å². The molecule has 0 radical (unpaired) electrons. The van der Waals surface area contributed by atoms with Crippen LogP contribution in [0.2, 0.25) is 0 Å². The van der Waals surface area contributed by atoms with Crippen molar-refractivity contribution in [2.45, 2.75) is 32.7 Å². The van der Waals surface area contributed by atoms with Crippen LogP contribution in [0.3, 0.4) is 0 Å². The van der Waals surface area contributed by atoms with E-state index < -0.39 is 0 Å². The van der Waals surface area contributed by atoms with E-state index in [0.717, 1.165) is 6.42 Å². The first-order valence-electron chi connectivity index (χ1n) is 4.66. The van der Waals surface area contributed by atoms with Crippen molar-refractivity contribution in [2.75, 3.05) is 27.3 Å². The summed E-state index contributed by atoms with van der Waals surface area (Å²) in [5, 5.41) is 0. The number of rotatable bonds is 6. The average Bonchev–Trinajstić information content (AvgIpc) is 2.04. The molecular formula is C10H21NO2. The van der Waals surface area contributed by atoms with Gasteiger partial charge in [0.1, 0.15) is 6.61 Å². The lowest BCUT2D eigenvalue weighted by Gasteiger charge is -2.34. The van der Waals surface area contributed by atoms with Crippen LogP contribution in [0.5, 0.6) is 0 Å². The Balaban J connectivity index is 3.99. The van der Waals surface area contributed by atoms with Gasteiger partial charge in [-0.1, -0.05) is 6.92 Å². The molecule has 0 aromatic carbocycles. The summed E-state index contributed by atoms with van der Waals surface area (Å²) < 4.78 is 4.77. The highest BCUT2D eigenvalue weighted by Crippen LogP contribution is 2.15. The number of Topliss-reactive ketones (excluding diaryl/α,β-unsaturated/α-hetero) is 1. The first kappa shape index (κ1) is 12.6. The zero-order valence-electron chi connectivity index (χ0n) is 9.39. The number of methoxy groups -OCH3 is 1. The number of nitrogens with zero attached hydrogens (tertiary/aromatic N) is 1. The molecule has 0 aliphatic carbocycles. The summed E-state index contributed by atoms with van der Waals surface area (Å²) in [6.07, 6.45) is 1.03. The average molecular weight is 187 g/mol. The van der Waals surface area contributed by atoms with Gasteiger partial charge in [-0.2, -0.15) is 0 Å². The SMILES string of the molecule is CCC(C)(C)N(C)CC(=O)COC. The standard InChI is InChI=1S/C10H21NO2/c1-6-10(2,3)11(4)7-9(12)8-13-5/h6-8H2,1-5H3. The summed E-state index contributed by atoms with van der Waals surface area (Å²) in [6, 6.07) is 0. The van der Waals surface area contributed by atoms with Gasteiger partial charge in [-0.05, 0) is 27.3 Å². The van der Waals surface area contributed by atoms with Gasteiger partial charge in [-0.25, -0.2) is 0 Å². The van der Waals surface area contributed by atoms with Crippen LogP contribution in [0.1, 0.15) is 27.2 Å². The minimum absolute atomic E-state index is 0.0867. The second-order valence-corrected chi connectivity index (χ2v) is 3.99. The van der Waals surface area contributed by atoms with Crippen LogP contribution in [0.15, 0.2) is 0 Å². The number of hydrogen-bond donors (Lipinski definition) is 0. The molecule has 0 saturated carbocycles. The lowest BCUT2D eigenvalue weighted by atomic mass is 10.00. The predicted octanol–water partition coefficient (Wildman–Crippen LogP) is 1.32. The third-order valence-corrected chi connectivity index (χ3v) is 2.62. The topological polar surface area (TPSA) is 29.5 Å². The Bertz CT molecular complexity index is 166. The van der Waals surface area contributed by atoms with Gasteiger partial charge in [0.25, 0.3) is 0 Å². The number of ether oxygens (including phenoxy) is 1. The van der Waals surface area contributed by atoms with Gasteiger partial charge in [0.15, 0.2) is 5.78 Å². The van der Waals surface area contributed by atoms with Crippen molar-refractivity contribution in [3.05, 3.63) is 0 Å². The maximum Gasteiger partial charge on any atom is 0.172 e. The van der Waals surface area contributed by atoms with Crippen LogP contribution in [-0.4, -0.2) is 43.5 Å². The van der Waals surface area contributed by atoms with E-state index in [1.807, 2.05) is 7.05 Å². The minimum atomic E-state index is 0.0867. The molecule has 78 valence electrons. The molecule has 0 N–H and O–H groups in total. The molecule has 0 aromatic heterocycles. The molecule has 0 bridgehead atoms. The first-order chi connectivity index (χ1) is 5.94. The van der Waals surface area contributed by atoms with Gasteiger partial charge in [0, 0.05) is 12.6 Å². The normalized spacial score (nSPS) is 12.2. The van der Waals surface area contributed by atoms with Crippen molar-refractivity contribution in [1.29, 1.82) is 0 Å². The highest BCUT2D eigenvalue weighted by molar-refractivity contribution is 5.81. The van der Waals surface area contributed by atoms with Crippen molar-refractivity contribution < 1.29 is 9.53 Å². The molecule has 0 rings (SSSR count). The number of hydrogen-bond acceptors (Lipinski definition) is 3. The van der Waals surface area contributed by atoms with Gasteiger partial charge < -0.3 is 4.74 Å². The third-order valence-electron chi connectivity index (χ3n) is 2.62. The van der Waals surface area contributed by atoms with Gasteiger partial charge in [-0.15, -0.1) is 0 Å². The number of carbonyl (C=O) groups excluding carboxylic acids is 1. The number of likely N-dealkylation sites (N-methyl/N-ethyl adjacent to an activating group) is 1. The second-order valence-electron chi connectivity index (χ2n) is 3.99. The van der Waals surface area contributed by atoms with Gasteiger partial charge in [-0.3, -0.25) is 9.69 Å².